The maximum Gasteiger partial charge on any atom is 0.250 e. The highest BCUT2D eigenvalue weighted by atomic mass is 16.2. The van der Waals surface area contributed by atoms with Crippen LogP contribution in [0.1, 0.15) is 19.8 Å². The maximum absolute atomic E-state index is 12.8. The minimum atomic E-state index is -0.427. The molecule has 0 radical (unpaired) electrons. The van der Waals surface area contributed by atoms with Gasteiger partial charge in [-0.3, -0.25) is 14.5 Å². The van der Waals surface area contributed by atoms with Crippen LogP contribution in [0.5, 0.6) is 0 Å². The number of carbonyl (C=O) groups is 2. The van der Waals surface area contributed by atoms with Gasteiger partial charge in [-0.15, -0.1) is 0 Å². The number of nitrogens with zero attached hydrogens (tertiary/aromatic N) is 3. The molecule has 0 spiro atoms. The Bertz CT molecular complexity index is 585. The Morgan fingerprint density at radius 2 is 1.95 bits per heavy atom. The maximum atomic E-state index is 12.8. The van der Waals surface area contributed by atoms with Crippen molar-refractivity contribution in [1.29, 1.82) is 0 Å². The largest absolute Gasteiger partial charge is 0.378 e. The highest BCUT2D eigenvalue weighted by molar-refractivity contribution is 6.08. The van der Waals surface area contributed by atoms with Crippen molar-refractivity contribution in [3.63, 3.8) is 0 Å². The molecule has 1 aromatic rings. The molecule has 2 fully saturated rings. The summed E-state index contributed by atoms with van der Waals surface area (Å²) >= 11 is 0. The van der Waals surface area contributed by atoms with E-state index >= 15 is 0 Å². The lowest BCUT2D eigenvalue weighted by Crippen LogP contribution is -2.62. The van der Waals surface area contributed by atoms with E-state index in [0.29, 0.717) is 6.54 Å². The van der Waals surface area contributed by atoms with E-state index in [2.05, 4.69) is 0 Å². The first-order chi connectivity index (χ1) is 10.0. The van der Waals surface area contributed by atoms with Gasteiger partial charge in [-0.1, -0.05) is 6.07 Å². The molecule has 2 atom stereocenters. The molecule has 0 N–H and O–H groups in total. The second kappa shape index (κ2) is 5.06. The van der Waals surface area contributed by atoms with Gasteiger partial charge in [-0.25, -0.2) is 0 Å². The second-order valence-corrected chi connectivity index (χ2v) is 5.99. The SMILES string of the molecule is CC1C(=O)N2CCCC2C(=O)N1c1cccc(N(C)C)c1. The summed E-state index contributed by atoms with van der Waals surface area (Å²) in [5, 5.41) is 0. The summed E-state index contributed by atoms with van der Waals surface area (Å²) in [7, 11) is 3.93. The summed E-state index contributed by atoms with van der Waals surface area (Å²) in [6, 6.07) is 7.09. The fourth-order valence-electron chi connectivity index (χ4n) is 3.26. The van der Waals surface area contributed by atoms with Gasteiger partial charge in [0.05, 0.1) is 0 Å². The van der Waals surface area contributed by atoms with Gasteiger partial charge in [0.2, 0.25) is 5.91 Å². The van der Waals surface area contributed by atoms with Crippen LogP contribution in [0.3, 0.4) is 0 Å². The number of fused-ring (bicyclic) bond motifs is 1. The predicted molar refractivity (Wildman–Crippen MR) is 82.5 cm³/mol. The zero-order valence-corrected chi connectivity index (χ0v) is 12.7. The second-order valence-electron chi connectivity index (χ2n) is 5.99. The topological polar surface area (TPSA) is 43.9 Å². The molecule has 5 nitrogen and oxygen atoms in total. The van der Waals surface area contributed by atoms with E-state index in [1.165, 1.54) is 0 Å². The molecule has 2 amide bonds. The van der Waals surface area contributed by atoms with E-state index in [1.54, 1.807) is 9.80 Å². The summed E-state index contributed by atoms with van der Waals surface area (Å²) in [5.74, 6) is 0.114. The third-order valence-corrected chi connectivity index (χ3v) is 4.43. The van der Waals surface area contributed by atoms with Crippen molar-refractivity contribution in [3.8, 4) is 0 Å². The van der Waals surface area contributed by atoms with Crippen LogP contribution in [0.25, 0.3) is 0 Å². The monoisotopic (exact) mass is 287 g/mol. The minimum absolute atomic E-state index is 0.0514. The van der Waals surface area contributed by atoms with Crippen LogP contribution >= 0.6 is 0 Å². The Morgan fingerprint density at radius 3 is 2.67 bits per heavy atom. The molecule has 2 aliphatic heterocycles. The molecule has 0 bridgehead atoms. The molecule has 0 aromatic heterocycles. The Kier molecular flexibility index (Phi) is 3.35. The van der Waals surface area contributed by atoms with Crippen LogP contribution < -0.4 is 9.80 Å². The number of benzene rings is 1. The van der Waals surface area contributed by atoms with Gasteiger partial charge in [0.25, 0.3) is 5.91 Å². The first kappa shape index (κ1) is 13.9. The molecule has 3 rings (SSSR count). The van der Waals surface area contributed by atoms with E-state index in [0.717, 1.165) is 24.2 Å². The quantitative estimate of drug-likeness (QED) is 0.827. The van der Waals surface area contributed by atoms with Crippen LogP contribution in [0, 0.1) is 0 Å². The molecule has 2 heterocycles. The number of rotatable bonds is 2. The van der Waals surface area contributed by atoms with Gasteiger partial charge in [0.15, 0.2) is 0 Å². The van der Waals surface area contributed by atoms with Crippen molar-refractivity contribution >= 4 is 23.2 Å². The Labute approximate surface area is 125 Å². The average molecular weight is 287 g/mol. The molecule has 21 heavy (non-hydrogen) atoms. The lowest BCUT2D eigenvalue weighted by molar-refractivity contribution is -0.143. The van der Waals surface area contributed by atoms with E-state index in [4.69, 9.17) is 0 Å². The van der Waals surface area contributed by atoms with Crippen molar-refractivity contribution in [3.05, 3.63) is 24.3 Å². The summed E-state index contributed by atoms with van der Waals surface area (Å²) in [4.78, 5) is 30.6. The number of anilines is 2. The number of hydrogen-bond donors (Lipinski definition) is 0. The molecule has 0 saturated carbocycles. The summed E-state index contributed by atoms with van der Waals surface area (Å²) < 4.78 is 0. The van der Waals surface area contributed by atoms with Crippen molar-refractivity contribution in [2.24, 2.45) is 0 Å². The van der Waals surface area contributed by atoms with E-state index in [-0.39, 0.29) is 17.9 Å². The average Bonchev–Trinajstić information content (AvgIpc) is 2.95. The molecule has 2 saturated heterocycles. The number of hydrogen-bond acceptors (Lipinski definition) is 3. The highest BCUT2D eigenvalue weighted by Crippen LogP contribution is 2.31. The van der Waals surface area contributed by atoms with Gasteiger partial charge >= 0.3 is 0 Å². The Balaban J connectivity index is 1.98. The fourth-order valence-corrected chi connectivity index (χ4v) is 3.26. The Hall–Kier alpha value is -2.04. The summed E-state index contributed by atoms with van der Waals surface area (Å²) in [5.41, 5.74) is 1.83. The molecular weight excluding hydrogens is 266 g/mol. The first-order valence-electron chi connectivity index (χ1n) is 7.41. The summed E-state index contributed by atoms with van der Waals surface area (Å²) in [6.45, 7) is 2.53. The van der Waals surface area contributed by atoms with Crippen LogP contribution in [-0.2, 0) is 9.59 Å². The van der Waals surface area contributed by atoms with Gasteiger partial charge in [0.1, 0.15) is 12.1 Å². The molecule has 1 aromatic carbocycles. The molecule has 2 aliphatic rings. The lowest BCUT2D eigenvalue weighted by atomic mass is 10.0. The molecular formula is C16H21N3O2. The molecule has 112 valence electrons. The summed E-state index contributed by atoms with van der Waals surface area (Å²) in [6.07, 6.45) is 1.70. The molecule has 2 unspecified atom stereocenters. The number of amides is 2. The van der Waals surface area contributed by atoms with Crippen molar-refractivity contribution in [1.82, 2.24) is 4.90 Å². The fraction of sp³-hybridized carbons (Fsp3) is 0.500. The van der Waals surface area contributed by atoms with Gasteiger partial charge in [-0.2, -0.15) is 0 Å². The lowest BCUT2D eigenvalue weighted by Gasteiger charge is -2.41. The normalized spacial score (nSPS) is 25.3. The van der Waals surface area contributed by atoms with Crippen LogP contribution in [0.4, 0.5) is 11.4 Å². The first-order valence-corrected chi connectivity index (χ1v) is 7.41. The van der Waals surface area contributed by atoms with Gasteiger partial charge in [0, 0.05) is 32.0 Å². The van der Waals surface area contributed by atoms with Crippen molar-refractivity contribution < 1.29 is 9.59 Å². The molecule has 5 heteroatoms. The zero-order chi connectivity index (χ0) is 15.1. The van der Waals surface area contributed by atoms with Crippen LogP contribution in [-0.4, -0.2) is 49.4 Å². The van der Waals surface area contributed by atoms with Crippen molar-refractivity contribution in [2.45, 2.75) is 31.8 Å². The molecule has 0 aliphatic carbocycles. The third-order valence-electron chi connectivity index (χ3n) is 4.43. The van der Waals surface area contributed by atoms with E-state index in [1.807, 2.05) is 50.2 Å². The van der Waals surface area contributed by atoms with Crippen LogP contribution in [0.2, 0.25) is 0 Å². The number of carbonyl (C=O) groups excluding carboxylic acids is 2. The van der Waals surface area contributed by atoms with E-state index < -0.39 is 6.04 Å². The van der Waals surface area contributed by atoms with E-state index in [9.17, 15) is 9.59 Å². The standard InChI is InChI=1S/C16H21N3O2/c1-11-15(20)18-9-5-8-14(18)16(21)19(11)13-7-4-6-12(10-13)17(2)3/h4,6-7,10-11,14H,5,8-9H2,1-3H3. The van der Waals surface area contributed by atoms with Gasteiger partial charge in [-0.05, 0) is 38.0 Å². The van der Waals surface area contributed by atoms with Crippen molar-refractivity contribution in [2.75, 3.05) is 30.4 Å². The minimum Gasteiger partial charge on any atom is -0.378 e. The van der Waals surface area contributed by atoms with Crippen LogP contribution in [0.15, 0.2) is 24.3 Å². The number of piperazine rings is 1. The van der Waals surface area contributed by atoms with Gasteiger partial charge < -0.3 is 9.80 Å². The highest BCUT2D eigenvalue weighted by Gasteiger charge is 2.46. The smallest absolute Gasteiger partial charge is 0.250 e. The Morgan fingerprint density at radius 1 is 1.19 bits per heavy atom. The third kappa shape index (κ3) is 2.17. The predicted octanol–water partition coefficient (Wildman–Crippen LogP) is 1.48. The zero-order valence-electron chi connectivity index (χ0n) is 12.7.